The van der Waals surface area contributed by atoms with E-state index in [1.54, 1.807) is 4.90 Å². The zero-order chi connectivity index (χ0) is 13.3. The highest BCUT2D eigenvalue weighted by Gasteiger charge is 2.51. The van der Waals surface area contributed by atoms with Gasteiger partial charge < -0.3 is 16.0 Å². The van der Waals surface area contributed by atoms with Gasteiger partial charge in [0, 0.05) is 19.0 Å². The first-order valence-corrected chi connectivity index (χ1v) is 6.14. The lowest BCUT2D eigenvalue weighted by atomic mass is 9.99. The van der Waals surface area contributed by atoms with Gasteiger partial charge in [0.15, 0.2) is 0 Å². The predicted molar refractivity (Wildman–Crippen MR) is 63.5 cm³/mol. The van der Waals surface area contributed by atoms with Crippen molar-refractivity contribution in [3.8, 4) is 0 Å². The monoisotopic (exact) mass is 254 g/mol. The Morgan fingerprint density at radius 3 is 2.83 bits per heavy atom. The highest BCUT2D eigenvalue weighted by atomic mass is 16.2. The van der Waals surface area contributed by atoms with E-state index in [9.17, 15) is 14.4 Å². The number of nitrogens with one attached hydrogen (secondary N) is 2. The lowest BCUT2D eigenvalue weighted by Gasteiger charge is -2.22. The summed E-state index contributed by atoms with van der Waals surface area (Å²) in [7, 11) is 0. The molecule has 4 N–H and O–H groups in total. The lowest BCUT2D eigenvalue weighted by molar-refractivity contribution is -0.131. The number of carbonyl (C=O) groups excluding carboxylic acids is 3. The van der Waals surface area contributed by atoms with Gasteiger partial charge in [0.25, 0.3) is 5.91 Å². The fourth-order valence-electron chi connectivity index (χ4n) is 2.34. The second-order valence-corrected chi connectivity index (χ2v) is 4.93. The van der Waals surface area contributed by atoms with Crippen LogP contribution in [0.2, 0.25) is 0 Å². The van der Waals surface area contributed by atoms with Crippen LogP contribution in [0.3, 0.4) is 0 Å². The van der Waals surface area contributed by atoms with Gasteiger partial charge in [-0.1, -0.05) is 6.92 Å². The summed E-state index contributed by atoms with van der Waals surface area (Å²) in [4.78, 5) is 36.4. The summed E-state index contributed by atoms with van der Waals surface area (Å²) < 4.78 is 0. The molecule has 7 nitrogen and oxygen atoms in total. The quantitative estimate of drug-likeness (QED) is 0.557. The fraction of sp³-hybridized carbons (Fsp3) is 0.727. The topological polar surface area (TPSA) is 105 Å². The van der Waals surface area contributed by atoms with Crippen molar-refractivity contribution in [2.24, 2.45) is 5.73 Å². The van der Waals surface area contributed by atoms with Crippen LogP contribution in [0.5, 0.6) is 0 Å². The largest absolute Gasteiger partial charge is 0.340 e. The molecule has 2 aliphatic rings. The summed E-state index contributed by atoms with van der Waals surface area (Å²) >= 11 is 0. The molecule has 100 valence electrons. The SMILES string of the molecule is CCC(N)CC(=O)N1CCC2(C1)NC(=O)NC2=O. The molecular weight excluding hydrogens is 236 g/mol. The molecule has 0 aromatic heterocycles. The minimum Gasteiger partial charge on any atom is -0.340 e. The maximum atomic E-state index is 11.9. The van der Waals surface area contributed by atoms with Crippen LogP contribution in [0.25, 0.3) is 0 Å². The number of nitrogens with zero attached hydrogens (tertiary/aromatic N) is 1. The molecule has 0 saturated carbocycles. The summed E-state index contributed by atoms with van der Waals surface area (Å²) in [6.45, 7) is 2.64. The zero-order valence-corrected chi connectivity index (χ0v) is 10.4. The number of nitrogens with two attached hydrogens (primary N) is 1. The van der Waals surface area contributed by atoms with Crippen LogP contribution in [0.15, 0.2) is 0 Å². The van der Waals surface area contributed by atoms with Gasteiger partial charge in [0.1, 0.15) is 5.54 Å². The number of carbonyl (C=O) groups is 3. The maximum Gasteiger partial charge on any atom is 0.322 e. The van der Waals surface area contributed by atoms with E-state index in [1.165, 1.54) is 0 Å². The fourth-order valence-corrected chi connectivity index (χ4v) is 2.34. The van der Waals surface area contributed by atoms with Gasteiger partial charge in [-0.05, 0) is 12.8 Å². The van der Waals surface area contributed by atoms with E-state index in [-0.39, 0.29) is 30.8 Å². The Morgan fingerprint density at radius 2 is 2.28 bits per heavy atom. The van der Waals surface area contributed by atoms with Crippen molar-refractivity contribution >= 4 is 17.8 Å². The zero-order valence-electron chi connectivity index (χ0n) is 10.4. The number of rotatable bonds is 3. The number of hydrogen-bond acceptors (Lipinski definition) is 4. The molecule has 18 heavy (non-hydrogen) atoms. The molecule has 2 aliphatic heterocycles. The predicted octanol–water partition coefficient (Wildman–Crippen LogP) is -1.08. The number of urea groups is 1. The van der Waals surface area contributed by atoms with E-state index < -0.39 is 11.6 Å². The summed E-state index contributed by atoms with van der Waals surface area (Å²) in [5.74, 6) is -0.405. The molecule has 2 unspecified atom stereocenters. The van der Waals surface area contributed by atoms with E-state index in [1.807, 2.05) is 6.92 Å². The van der Waals surface area contributed by atoms with Crippen molar-refractivity contribution in [1.82, 2.24) is 15.5 Å². The molecule has 2 saturated heterocycles. The number of hydrogen-bond donors (Lipinski definition) is 3. The molecule has 7 heteroatoms. The first-order valence-electron chi connectivity index (χ1n) is 6.14. The van der Waals surface area contributed by atoms with E-state index in [2.05, 4.69) is 10.6 Å². The number of amides is 4. The lowest BCUT2D eigenvalue weighted by Crippen LogP contribution is -2.49. The van der Waals surface area contributed by atoms with Gasteiger partial charge in [-0.25, -0.2) is 4.79 Å². The smallest absolute Gasteiger partial charge is 0.322 e. The van der Waals surface area contributed by atoms with E-state index in [0.717, 1.165) is 6.42 Å². The third-order valence-corrected chi connectivity index (χ3v) is 3.60. The molecule has 0 bridgehead atoms. The average molecular weight is 254 g/mol. The van der Waals surface area contributed by atoms with Crippen molar-refractivity contribution in [3.05, 3.63) is 0 Å². The third kappa shape index (κ3) is 2.17. The van der Waals surface area contributed by atoms with Crippen LogP contribution in [0.4, 0.5) is 4.79 Å². The van der Waals surface area contributed by atoms with Crippen LogP contribution in [-0.4, -0.2) is 47.4 Å². The maximum absolute atomic E-state index is 11.9. The summed E-state index contributed by atoms with van der Waals surface area (Å²) in [6, 6.07) is -0.638. The number of likely N-dealkylation sites (tertiary alicyclic amines) is 1. The molecule has 2 atom stereocenters. The minimum absolute atomic E-state index is 0.0600. The van der Waals surface area contributed by atoms with Crippen LogP contribution in [-0.2, 0) is 9.59 Å². The van der Waals surface area contributed by atoms with Crippen molar-refractivity contribution in [2.75, 3.05) is 13.1 Å². The Bertz CT molecular complexity index is 398. The second-order valence-electron chi connectivity index (χ2n) is 4.93. The van der Waals surface area contributed by atoms with Crippen molar-refractivity contribution in [1.29, 1.82) is 0 Å². The van der Waals surface area contributed by atoms with Gasteiger partial charge >= 0.3 is 6.03 Å². The molecule has 0 aromatic rings. The molecule has 2 heterocycles. The molecule has 0 aliphatic carbocycles. The molecule has 4 amide bonds. The molecule has 0 radical (unpaired) electrons. The van der Waals surface area contributed by atoms with Gasteiger partial charge in [0.2, 0.25) is 5.91 Å². The Kier molecular flexibility index (Phi) is 3.25. The molecule has 0 aromatic carbocycles. The van der Waals surface area contributed by atoms with Crippen LogP contribution in [0, 0.1) is 0 Å². The average Bonchev–Trinajstić information content (AvgIpc) is 2.84. The third-order valence-electron chi connectivity index (χ3n) is 3.60. The van der Waals surface area contributed by atoms with Crippen LogP contribution >= 0.6 is 0 Å². The highest BCUT2D eigenvalue weighted by Crippen LogP contribution is 2.25. The highest BCUT2D eigenvalue weighted by molar-refractivity contribution is 6.07. The Morgan fingerprint density at radius 1 is 1.56 bits per heavy atom. The number of imide groups is 1. The molecule has 2 rings (SSSR count). The van der Waals surface area contributed by atoms with E-state index in [4.69, 9.17) is 5.73 Å². The first kappa shape index (κ1) is 12.8. The van der Waals surface area contributed by atoms with Gasteiger partial charge in [-0.15, -0.1) is 0 Å². The first-order chi connectivity index (χ1) is 8.47. The Hall–Kier alpha value is -1.63. The molecule has 2 fully saturated rings. The minimum atomic E-state index is -0.928. The second kappa shape index (κ2) is 4.56. The van der Waals surface area contributed by atoms with E-state index >= 15 is 0 Å². The Balaban J connectivity index is 1.98. The summed E-state index contributed by atoms with van der Waals surface area (Å²) in [6.07, 6.45) is 1.47. The van der Waals surface area contributed by atoms with Crippen molar-refractivity contribution < 1.29 is 14.4 Å². The standard InChI is InChI=1S/C11H18N4O3/c1-2-7(12)5-8(16)15-4-3-11(6-15)9(17)13-10(18)14-11/h7H,2-6,12H2,1H3,(H2,13,14,17,18). The van der Waals surface area contributed by atoms with E-state index in [0.29, 0.717) is 13.0 Å². The molecular formula is C11H18N4O3. The van der Waals surface area contributed by atoms with Crippen molar-refractivity contribution in [3.63, 3.8) is 0 Å². The van der Waals surface area contributed by atoms with Crippen LogP contribution in [0.1, 0.15) is 26.2 Å². The Labute approximate surface area is 105 Å². The van der Waals surface area contributed by atoms with Gasteiger partial charge in [-0.3, -0.25) is 14.9 Å². The van der Waals surface area contributed by atoms with Gasteiger partial charge in [0.05, 0.1) is 6.54 Å². The van der Waals surface area contributed by atoms with Crippen molar-refractivity contribution in [2.45, 2.75) is 37.8 Å². The molecule has 1 spiro atoms. The summed E-state index contributed by atoms with van der Waals surface area (Å²) in [5, 5.41) is 4.82. The van der Waals surface area contributed by atoms with Crippen LogP contribution < -0.4 is 16.4 Å². The normalized spacial score (nSPS) is 28.4. The van der Waals surface area contributed by atoms with Gasteiger partial charge in [-0.2, -0.15) is 0 Å². The summed E-state index contributed by atoms with van der Waals surface area (Å²) in [5.41, 5.74) is 4.81.